The van der Waals surface area contributed by atoms with Crippen molar-refractivity contribution >= 4 is 11.9 Å². The molecule has 6 heteroatoms. The highest BCUT2D eigenvalue weighted by Gasteiger charge is 2.19. The summed E-state index contributed by atoms with van der Waals surface area (Å²) in [6.07, 6.45) is 6.05. The SMILES string of the molecule is CCCCCCC(C(=O)O)=C(CCCCN1CCOCC1)C(=O)O. The Balaban J connectivity index is 2.50. The van der Waals surface area contributed by atoms with Gasteiger partial charge >= 0.3 is 11.9 Å². The molecule has 0 atom stereocenters. The number of aliphatic carboxylic acids is 2. The third-order valence-corrected chi connectivity index (χ3v) is 4.42. The lowest BCUT2D eigenvalue weighted by Gasteiger charge is -2.26. The van der Waals surface area contributed by atoms with Gasteiger partial charge in [-0.05, 0) is 38.6 Å². The fourth-order valence-corrected chi connectivity index (χ4v) is 2.96. The number of morpholine rings is 1. The topological polar surface area (TPSA) is 87.1 Å². The molecular weight excluding hydrogens is 310 g/mol. The van der Waals surface area contributed by atoms with E-state index in [1.807, 2.05) is 0 Å². The highest BCUT2D eigenvalue weighted by molar-refractivity contribution is 5.98. The summed E-state index contributed by atoms with van der Waals surface area (Å²) in [7, 11) is 0. The van der Waals surface area contributed by atoms with Crippen molar-refractivity contribution in [3.8, 4) is 0 Å². The van der Waals surface area contributed by atoms with Gasteiger partial charge in [-0.1, -0.05) is 26.2 Å². The number of carboxylic acids is 2. The Hall–Kier alpha value is -1.40. The molecule has 0 aliphatic carbocycles. The molecule has 0 radical (unpaired) electrons. The molecule has 1 aliphatic rings. The van der Waals surface area contributed by atoms with Gasteiger partial charge in [-0.15, -0.1) is 0 Å². The molecule has 24 heavy (non-hydrogen) atoms. The molecule has 0 unspecified atom stereocenters. The standard InChI is InChI=1S/C18H31NO5/c1-2-3-4-5-8-15(17(20)21)16(18(22)23)9-6-7-10-19-11-13-24-14-12-19/h2-14H2,1H3,(H,20,21)(H,22,23). The van der Waals surface area contributed by atoms with Gasteiger partial charge in [0, 0.05) is 24.2 Å². The Morgan fingerprint density at radius 2 is 1.42 bits per heavy atom. The fourth-order valence-electron chi connectivity index (χ4n) is 2.96. The molecule has 1 saturated heterocycles. The van der Waals surface area contributed by atoms with Crippen LogP contribution >= 0.6 is 0 Å². The number of hydrogen-bond acceptors (Lipinski definition) is 4. The van der Waals surface area contributed by atoms with Crippen LogP contribution < -0.4 is 0 Å². The molecule has 0 spiro atoms. The normalized spacial score (nSPS) is 16.7. The van der Waals surface area contributed by atoms with Gasteiger partial charge < -0.3 is 14.9 Å². The second kappa shape index (κ2) is 12.0. The first kappa shape index (κ1) is 20.6. The molecule has 0 bridgehead atoms. The number of rotatable bonds is 12. The van der Waals surface area contributed by atoms with Crippen molar-refractivity contribution in [2.75, 3.05) is 32.8 Å². The summed E-state index contributed by atoms with van der Waals surface area (Å²) >= 11 is 0. The maximum Gasteiger partial charge on any atom is 0.332 e. The van der Waals surface area contributed by atoms with Crippen LogP contribution in [0.3, 0.4) is 0 Å². The summed E-state index contributed by atoms with van der Waals surface area (Å²) in [4.78, 5) is 25.2. The smallest absolute Gasteiger partial charge is 0.332 e. The fraction of sp³-hybridized carbons (Fsp3) is 0.778. The van der Waals surface area contributed by atoms with Gasteiger partial charge in [0.1, 0.15) is 0 Å². The molecule has 0 amide bonds. The van der Waals surface area contributed by atoms with Crippen LogP contribution in [0.2, 0.25) is 0 Å². The van der Waals surface area contributed by atoms with Gasteiger partial charge in [0.15, 0.2) is 0 Å². The third kappa shape index (κ3) is 7.93. The largest absolute Gasteiger partial charge is 0.478 e. The molecule has 6 nitrogen and oxygen atoms in total. The summed E-state index contributed by atoms with van der Waals surface area (Å²) in [5.41, 5.74) is 0.172. The van der Waals surface area contributed by atoms with Crippen molar-refractivity contribution in [2.45, 2.75) is 58.3 Å². The Labute approximate surface area is 144 Å². The number of carboxylic acid groups (broad SMARTS) is 2. The molecule has 138 valence electrons. The number of unbranched alkanes of at least 4 members (excludes halogenated alkanes) is 4. The van der Waals surface area contributed by atoms with Crippen LogP contribution in [0.4, 0.5) is 0 Å². The quantitative estimate of drug-likeness (QED) is 0.419. The lowest BCUT2D eigenvalue weighted by Crippen LogP contribution is -2.36. The van der Waals surface area contributed by atoms with Crippen molar-refractivity contribution in [2.24, 2.45) is 0 Å². The Morgan fingerprint density at radius 3 is 1.92 bits per heavy atom. The summed E-state index contributed by atoms with van der Waals surface area (Å²) in [6, 6.07) is 0. The minimum atomic E-state index is -1.09. The summed E-state index contributed by atoms with van der Waals surface area (Å²) in [5, 5.41) is 18.8. The van der Waals surface area contributed by atoms with Gasteiger partial charge in [0.05, 0.1) is 13.2 Å². The van der Waals surface area contributed by atoms with E-state index in [0.717, 1.165) is 65.0 Å². The molecule has 1 fully saturated rings. The van der Waals surface area contributed by atoms with E-state index in [1.165, 1.54) is 0 Å². The minimum absolute atomic E-state index is 0.0842. The Bertz CT molecular complexity index is 427. The lowest BCUT2D eigenvalue weighted by atomic mass is 9.97. The van der Waals surface area contributed by atoms with Crippen molar-refractivity contribution in [3.05, 3.63) is 11.1 Å². The van der Waals surface area contributed by atoms with E-state index in [2.05, 4.69) is 11.8 Å². The number of carbonyl (C=O) groups is 2. The van der Waals surface area contributed by atoms with Crippen molar-refractivity contribution in [1.82, 2.24) is 4.90 Å². The summed E-state index contributed by atoms with van der Waals surface area (Å²) in [5.74, 6) is -2.17. The molecule has 1 heterocycles. The number of nitrogens with zero attached hydrogens (tertiary/aromatic N) is 1. The molecule has 0 aromatic heterocycles. The van der Waals surface area contributed by atoms with Crippen molar-refractivity contribution in [3.63, 3.8) is 0 Å². The molecule has 2 N–H and O–H groups in total. The molecule has 1 rings (SSSR count). The van der Waals surface area contributed by atoms with Gasteiger partial charge in [-0.2, -0.15) is 0 Å². The highest BCUT2D eigenvalue weighted by atomic mass is 16.5. The van der Waals surface area contributed by atoms with Crippen LogP contribution in [0.1, 0.15) is 58.3 Å². The van der Waals surface area contributed by atoms with Crippen molar-refractivity contribution < 1.29 is 24.5 Å². The van der Waals surface area contributed by atoms with E-state index >= 15 is 0 Å². The monoisotopic (exact) mass is 341 g/mol. The first-order chi connectivity index (χ1) is 11.6. The van der Waals surface area contributed by atoms with E-state index in [1.54, 1.807) is 0 Å². The van der Waals surface area contributed by atoms with Gasteiger partial charge in [0.2, 0.25) is 0 Å². The highest BCUT2D eigenvalue weighted by Crippen LogP contribution is 2.20. The van der Waals surface area contributed by atoms with E-state index in [-0.39, 0.29) is 11.1 Å². The maximum absolute atomic E-state index is 11.5. The summed E-state index contributed by atoms with van der Waals surface area (Å²) in [6.45, 7) is 6.33. The molecule has 1 aliphatic heterocycles. The lowest BCUT2D eigenvalue weighted by molar-refractivity contribution is -0.136. The zero-order valence-corrected chi connectivity index (χ0v) is 14.8. The van der Waals surface area contributed by atoms with E-state index in [4.69, 9.17) is 4.74 Å². The van der Waals surface area contributed by atoms with Crippen LogP contribution in [-0.2, 0) is 14.3 Å². The van der Waals surface area contributed by atoms with Gasteiger partial charge in [-0.3, -0.25) is 4.90 Å². The third-order valence-electron chi connectivity index (χ3n) is 4.42. The average molecular weight is 341 g/mol. The second-order valence-electron chi connectivity index (χ2n) is 6.29. The molecular formula is C18H31NO5. The molecule has 0 aromatic carbocycles. The maximum atomic E-state index is 11.5. The first-order valence-corrected chi connectivity index (χ1v) is 9.05. The number of hydrogen-bond donors (Lipinski definition) is 2. The van der Waals surface area contributed by atoms with E-state index < -0.39 is 11.9 Å². The minimum Gasteiger partial charge on any atom is -0.478 e. The molecule has 0 aromatic rings. The van der Waals surface area contributed by atoms with Gasteiger partial charge in [-0.25, -0.2) is 9.59 Å². The van der Waals surface area contributed by atoms with E-state index in [0.29, 0.717) is 19.3 Å². The van der Waals surface area contributed by atoms with Crippen LogP contribution in [0.25, 0.3) is 0 Å². The predicted octanol–water partition coefficient (Wildman–Crippen LogP) is 2.93. The number of ether oxygens (including phenoxy) is 1. The predicted molar refractivity (Wildman–Crippen MR) is 92.2 cm³/mol. The van der Waals surface area contributed by atoms with Crippen LogP contribution in [0, 0.1) is 0 Å². The van der Waals surface area contributed by atoms with Crippen LogP contribution in [-0.4, -0.2) is 59.9 Å². The van der Waals surface area contributed by atoms with Crippen LogP contribution in [0.5, 0.6) is 0 Å². The Morgan fingerprint density at radius 1 is 0.875 bits per heavy atom. The molecule has 0 saturated carbocycles. The zero-order valence-electron chi connectivity index (χ0n) is 14.8. The first-order valence-electron chi connectivity index (χ1n) is 9.05. The second-order valence-corrected chi connectivity index (χ2v) is 6.29. The zero-order chi connectivity index (χ0) is 17.8. The summed E-state index contributed by atoms with van der Waals surface area (Å²) < 4.78 is 5.30. The average Bonchev–Trinajstić information content (AvgIpc) is 2.56. The van der Waals surface area contributed by atoms with Gasteiger partial charge in [0.25, 0.3) is 0 Å². The Kier molecular flexibility index (Phi) is 10.4. The van der Waals surface area contributed by atoms with E-state index in [9.17, 15) is 19.8 Å². The van der Waals surface area contributed by atoms with Crippen molar-refractivity contribution in [1.29, 1.82) is 0 Å². The van der Waals surface area contributed by atoms with Crippen LogP contribution in [0.15, 0.2) is 11.1 Å².